The lowest BCUT2D eigenvalue weighted by Crippen LogP contribution is -2.43. The monoisotopic (exact) mass is 315 g/mol. The predicted octanol–water partition coefficient (Wildman–Crippen LogP) is 2.73. The van der Waals surface area contributed by atoms with E-state index in [0.717, 1.165) is 5.56 Å². The van der Waals surface area contributed by atoms with Crippen LogP contribution in [0.3, 0.4) is 0 Å². The van der Waals surface area contributed by atoms with Gasteiger partial charge in [-0.15, -0.1) is 0 Å². The van der Waals surface area contributed by atoms with Crippen molar-refractivity contribution in [2.75, 3.05) is 6.61 Å². The molecule has 0 heterocycles. The molecule has 0 aromatic heterocycles. The number of halogens is 1. The molecule has 4 nitrogen and oxygen atoms in total. The molecule has 0 fully saturated rings. The van der Waals surface area contributed by atoms with Crippen LogP contribution in [0.4, 0.5) is 4.39 Å². The average molecular weight is 315 g/mol. The second kappa shape index (κ2) is 8.08. The number of carbonyl (C=O) groups is 2. The maximum Gasteiger partial charge on any atom is 0.328 e. The molecule has 2 aromatic rings. The van der Waals surface area contributed by atoms with Gasteiger partial charge in [-0.2, -0.15) is 0 Å². The molecule has 0 saturated heterocycles. The average Bonchev–Trinajstić information content (AvgIpc) is 2.55. The van der Waals surface area contributed by atoms with E-state index < -0.39 is 23.7 Å². The first kappa shape index (κ1) is 16.7. The second-order valence-electron chi connectivity index (χ2n) is 4.95. The molecule has 0 saturated carbocycles. The molecule has 5 heteroatoms. The minimum atomic E-state index is -0.871. The number of rotatable bonds is 6. The molecule has 1 N–H and O–H groups in total. The van der Waals surface area contributed by atoms with Crippen molar-refractivity contribution in [1.82, 2.24) is 5.32 Å². The van der Waals surface area contributed by atoms with Crippen LogP contribution in [0, 0.1) is 5.82 Å². The van der Waals surface area contributed by atoms with E-state index in [-0.39, 0.29) is 18.6 Å². The molecule has 1 atom stereocenters. The highest BCUT2D eigenvalue weighted by Gasteiger charge is 2.24. The van der Waals surface area contributed by atoms with Gasteiger partial charge >= 0.3 is 5.97 Å². The summed E-state index contributed by atoms with van der Waals surface area (Å²) in [6.07, 6.45) is 0.278. The summed E-state index contributed by atoms with van der Waals surface area (Å²) in [7, 11) is 0. The fourth-order valence-corrected chi connectivity index (χ4v) is 2.17. The van der Waals surface area contributed by atoms with Crippen molar-refractivity contribution < 1.29 is 18.7 Å². The van der Waals surface area contributed by atoms with Gasteiger partial charge in [-0.25, -0.2) is 9.18 Å². The number of hydrogen-bond acceptors (Lipinski definition) is 3. The molecule has 120 valence electrons. The number of hydrogen-bond donors (Lipinski definition) is 1. The van der Waals surface area contributed by atoms with E-state index in [9.17, 15) is 14.0 Å². The molecular formula is C18H18FNO3. The molecule has 23 heavy (non-hydrogen) atoms. The van der Waals surface area contributed by atoms with Crippen molar-refractivity contribution in [3.8, 4) is 0 Å². The van der Waals surface area contributed by atoms with Crippen molar-refractivity contribution in [2.24, 2.45) is 0 Å². The highest BCUT2D eigenvalue weighted by molar-refractivity contribution is 5.97. The third-order valence-corrected chi connectivity index (χ3v) is 3.28. The highest BCUT2D eigenvalue weighted by Crippen LogP contribution is 2.09. The quantitative estimate of drug-likeness (QED) is 0.834. The lowest BCUT2D eigenvalue weighted by molar-refractivity contribution is -0.145. The Bertz CT molecular complexity index is 673. The molecule has 0 radical (unpaired) electrons. The Morgan fingerprint density at radius 1 is 1.09 bits per heavy atom. The van der Waals surface area contributed by atoms with Crippen LogP contribution in [-0.2, 0) is 16.0 Å². The molecule has 1 unspecified atom stereocenters. The number of amides is 1. The van der Waals surface area contributed by atoms with Gasteiger partial charge in [-0.3, -0.25) is 4.79 Å². The fraction of sp³-hybridized carbons (Fsp3) is 0.222. The van der Waals surface area contributed by atoms with Crippen molar-refractivity contribution in [3.05, 3.63) is 71.5 Å². The molecule has 0 aliphatic rings. The normalized spacial score (nSPS) is 11.6. The number of ether oxygens (including phenoxy) is 1. The van der Waals surface area contributed by atoms with Crippen LogP contribution in [0.2, 0.25) is 0 Å². The SMILES string of the molecule is CCOC(=O)C(Cc1ccccc1)NC(=O)c1ccccc1F. The summed E-state index contributed by atoms with van der Waals surface area (Å²) in [6, 6.07) is 14.0. The van der Waals surface area contributed by atoms with E-state index in [4.69, 9.17) is 4.74 Å². The Morgan fingerprint density at radius 2 is 1.74 bits per heavy atom. The van der Waals surface area contributed by atoms with Crippen molar-refractivity contribution in [1.29, 1.82) is 0 Å². The van der Waals surface area contributed by atoms with Gasteiger partial charge < -0.3 is 10.1 Å². The molecule has 1 amide bonds. The van der Waals surface area contributed by atoms with Gasteiger partial charge in [0.1, 0.15) is 11.9 Å². The van der Waals surface area contributed by atoms with E-state index >= 15 is 0 Å². The Labute approximate surface area is 134 Å². The first-order chi connectivity index (χ1) is 11.1. The number of benzene rings is 2. The van der Waals surface area contributed by atoms with Crippen LogP contribution in [0.1, 0.15) is 22.8 Å². The number of nitrogens with one attached hydrogen (secondary N) is 1. The summed E-state index contributed by atoms with van der Waals surface area (Å²) < 4.78 is 18.7. The zero-order valence-electron chi connectivity index (χ0n) is 12.8. The fourth-order valence-electron chi connectivity index (χ4n) is 2.17. The van der Waals surface area contributed by atoms with Crippen LogP contribution in [0.5, 0.6) is 0 Å². The second-order valence-corrected chi connectivity index (χ2v) is 4.95. The smallest absolute Gasteiger partial charge is 0.328 e. The summed E-state index contributed by atoms with van der Waals surface area (Å²) in [5.41, 5.74) is 0.772. The van der Waals surface area contributed by atoms with E-state index in [1.165, 1.54) is 18.2 Å². The van der Waals surface area contributed by atoms with Crippen LogP contribution in [0.25, 0.3) is 0 Å². The van der Waals surface area contributed by atoms with Gasteiger partial charge in [0.15, 0.2) is 0 Å². The molecule has 2 aromatic carbocycles. The van der Waals surface area contributed by atoms with Gasteiger partial charge in [-0.05, 0) is 24.6 Å². The molecular weight excluding hydrogens is 297 g/mol. The largest absolute Gasteiger partial charge is 0.464 e. The Morgan fingerprint density at radius 3 is 2.39 bits per heavy atom. The summed E-state index contributed by atoms with van der Waals surface area (Å²) in [5, 5.41) is 2.55. The van der Waals surface area contributed by atoms with Crippen LogP contribution in [-0.4, -0.2) is 24.5 Å². The van der Waals surface area contributed by atoms with Crippen molar-refractivity contribution in [3.63, 3.8) is 0 Å². The summed E-state index contributed by atoms with van der Waals surface area (Å²) in [4.78, 5) is 24.3. The molecule has 0 spiro atoms. The first-order valence-corrected chi connectivity index (χ1v) is 7.37. The summed E-state index contributed by atoms with van der Waals surface area (Å²) in [6.45, 7) is 1.90. The lowest BCUT2D eigenvalue weighted by Gasteiger charge is -2.17. The summed E-state index contributed by atoms with van der Waals surface area (Å²) >= 11 is 0. The highest BCUT2D eigenvalue weighted by atomic mass is 19.1. The molecule has 0 bridgehead atoms. The standard InChI is InChI=1S/C18H18FNO3/c1-2-23-18(22)16(12-13-8-4-3-5-9-13)20-17(21)14-10-6-7-11-15(14)19/h3-11,16H,2,12H2,1H3,(H,20,21). The van der Waals surface area contributed by atoms with Gasteiger partial charge in [0.2, 0.25) is 0 Å². The minimum absolute atomic E-state index is 0.102. The van der Waals surface area contributed by atoms with Crippen LogP contribution >= 0.6 is 0 Å². The Balaban J connectivity index is 2.15. The van der Waals surface area contributed by atoms with Gasteiger partial charge in [-0.1, -0.05) is 42.5 Å². The van der Waals surface area contributed by atoms with E-state index in [1.807, 2.05) is 30.3 Å². The van der Waals surface area contributed by atoms with Crippen molar-refractivity contribution in [2.45, 2.75) is 19.4 Å². The van der Waals surface area contributed by atoms with E-state index in [2.05, 4.69) is 5.32 Å². The zero-order chi connectivity index (χ0) is 16.7. The van der Waals surface area contributed by atoms with Crippen molar-refractivity contribution >= 4 is 11.9 Å². The van der Waals surface area contributed by atoms with Gasteiger partial charge in [0.05, 0.1) is 12.2 Å². The molecule has 2 rings (SSSR count). The molecule has 0 aliphatic carbocycles. The zero-order valence-corrected chi connectivity index (χ0v) is 12.8. The maximum absolute atomic E-state index is 13.7. The number of esters is 1. The van der Waals surface area contributed by atoms with E-state index in [0.29, 0.717) is 0 Å². The van der Waals surface area contributed by atoms with E-state index in [1.54, 1.807) is 13.0 Å². The third-order valence-electron chi connectivity index (χ3n) is 3.28. The maximum atomic E-state index is 13.7. The van der Waals surface area contributed by atoms with Crippen LogP contribution in [0.15, 0.2) is 54.6 Å². The van der Waals surface area contributed by atoms with Gasteiger partial charge in [0.25, 0.3) is 5.91 Å². The Kier molecular flexibility index (Phi) is 5.86. The predicted molar refractivity (Wildman–Crippen MR) is 84.4 cm³/mol. The summed E-state index contributed by atoms with van der Waals surface area (Å²) in [5.74, 6) is -1.81. The Hall–Kier alpha value is -2.69. The van der Waals surface area contributed by atoms with Gasteiger partial charge in [0, 0.05) is 6.42 Å². The first-order valence-electron chi connectivity index (χ1n) is 7.37. The molecule has 0 aliphatic heterocycles. The number of carbonyl (C=O) groups excluding carboxylic acids is 2. The lowest BCUT2D eigenvalue weighted by atomic mass is 10.1. The minimum Gasteiger partial charge on any atom is -0.464 e. The topological polar surface area (TPSA) is 55.4 Å². The third kappa shape index (κ3) is 4.64. The van der Waals surface area contributed by atoms with Crippen LogP contribution < -0.4 is 5.32 Å².